The van der Waals surface area contributed by atoms with Gasteiger partial charge in [-0.2, -0.15) is 0 Å². The highest BCUT2D eigenvalue weighted by molar-refractivity contribution is 8.01. The number of fused-ring (bicyclic) bond motifs is 2. The van der Waals surface area contributed by atoms with Crippen molar-refractivity contribution in [1.82, 2.24) is 14.8 Å². The molecule has 0 radical (unpaired) electrons. The fourth-order valence-corrected chi connectivity index (χ4v) is 6.54. The second-order valence-corrected chi connectivity index (χ2v) is 11.2. The SMILES string of the molecule is C=CC(=O)N1CC2CC1CN2C(=O)c1cc(Sc2cnc(NC(=O)C3CC3)s2)c(C)cc1OC. The van der Waals surface area contributed by atoms with Crippen molar-refractivity contribution in [3.63, 3.8) is 0 Å². The lowest BCUT2D eigenvalue weighted by Crippen LogP contribution is -2.50. The fraction of sp³-hybridized carbons (Fsp3) is 0.417. The van der Waals surface area contributed by atoms with Crippen LogP contribution in [0.3, 0.4) is 0 Å². The molecule has 1 aliphatic carbocycles. The summed E-state index contributed by atoms with van der Waals surface area (Å²) in [5.41, 5.74) is 1.50. The molecule has 1 saturated carbocycles. The second-order valence-electron chi connectivity index (χ2n) is 8.86. The first-order valence-electron chi connectivity index (χ1n) is 11.2. The van der Waals surface area contributed by atoms with Gasteiger partial charge in [-0.15, -0.1) is 0 Å². The third-order valence-corrected chi connectivity index (χ3v) is 8.73. The van der Waals surface area contributed by atoms with E-state index in [4.69, 9.17) is 4.74 Å². The zero-order chi connectivity index (χ0) is 24.0. The smallest absolute Gasteiger partial charge is 0.258 e. The molecule has 1 aromatic heterocycles. The number of thiazole rings is 1. The molecule has 3 aliphatic rings. The van der Waals surface area contributed by atoms with Gasteiger partial charge < -0.3 is 19.9 Å². The average Bonchev–Trinajstić information content (AvgIpc) is 3.28. The molecule has 2 unspecified atom stereocenters. The molecule has 10 heteroatoms. The lowest BCUT2D eigenvalue weighted by molar-refractivity contribution is -0.128. The Morgan fingerprint density at radius 2 is 1.97 bits per heavy atom. The summed E-state index contributed by atoms with van der Waals surface area (Å²) in [6, 6.07) is 3.80. The Morgan fingerprint density at radius 3 is 2.62 bits per heavy atom. The summed E-state index contributed by atoms with van der Waals surface area (Å²) in [5, 5.41) is 3.47. The van der Waals surface area contributed by atoms with Gasteiger partial charge in [0, 0.05) is 23.9 Å². The number of carbonyl (C=O) groups is 3. The van der Waals surface area contributed by atoms with E-state index < -0.39 is 0 Å². The van der Waals surface area contributed by atoms with Gasteiger partial charge in [-0.3, -0.25) is 14.4 Å². The molecule has 2 atom stereocenters. The number of benzene rings is 1. The number of nitrogens with one attached hydrogen (secondary N) is 1. The summed E-state index contributed by atoms with van der Waals surface area (Å²) in [6.07, 6.45) is 5.76. The molecule has 3 amide bonds. The van der Waals surface area contributed by atoms with Crippen molar-refractivity contribution >= 4 is 46.0 Å². The molecule has 3 heterocycles. The Balaban J connectivity index is 1.33. The van der Waals surface area contributed by atoms with Crippen LogP contribution in [0, 0.1) is 12.8 Å². The Kier molecular flexibility index (Phi) is 6.11. The van der Waals surface area contributed by atoms with E-state index >= 15 is 0 Å². The maximum atomic E-state index is 13.5. The van der Waals surface area contributed by atoms with E-state index in [-0.39, 0.29) is 35.7 Å². The average molecular weight is 499 g/mol. The maximum absolute atomic E-state index is 13.5. The molecule has 2 aliphatic heterocycles. The lowest BCUT2D eigenvalue weighted by atomic mass is 10.1. The van der Waals surface area contributed by atoms with Crippen LogP contribution in [0.4, 0.5) is 5.13 Å². The van der Waals surface area contributed by atoms with Crippen LogP contribution in [0.1, 0.15) is 35.2 Å². The van der Waals surface area contributed by atoms with Gasteiger partial charge in [0.05, 0.1) is 35.2 Å². The highest BCUT2D eigenvalue weighted by Crippen LogP contribution is 2.40. The van der Waals surface area contributed by atoms with Gasteiger partial charge in [-0.25, -0.2) is 4.98 Å². The van der Waals surface area contributed by atoms with E-state index in [0.717, 1.165) is 33.9 Å². The number of ether oxygens (including phenoxy) is 1. The molecule has 178 valence electrons. The van der Waals surface area contributed by atoms with Crippen LogP contribution in [-0.2, 0) is 9.59 Å². The summed E-state index contributed by atoms with van der Waals surface area (Å²) in [4.78, 5) is 46.5. The minimum Gasteiger partial charge on any atom is -0.496 e. The van der Waals surface area contributed by atoms with Crippen molar-refractivity contribution in [2.75, 3.05) is 25.5 Å². The number of carbonyl (C=O) groups excluding carboxylic acids is 3. The molecular formula is C24H26N4O4S2. The number of piperazine rings is 1. The lowest BCUT2D eigenvalue weighted by Gasteiger charge is -2.34. The number of nitrogens with zero attached hydrogens (tertiary/aromatic N) is 3. The summed E-state index contributed by atoms with van der Waals surface area (Å²) >= 11 is 2.94. The molecule has 2 aromatic rings. The first-order valence-corrected chi connectivity index (χ1v) is 12.9. The number of aromatic nitrogens is 1. The molecule has 34 heavy (non-hydrogen) atoms. The molecule has 8 nitrogen and oxygen atoms in total. The van der Waals surface area contributed by atoms with Crippen LogP contribution in [-0.4, -0.2) is 64.8 Å². The molecule has 0 spiro atoms. The number of methoxy groups -OCH3 is 1. The van der Waals surface area contributed by atoms with E-state index in [1.54, 1.807) is 18.2 Å². The van der Waals surface area contributed by atoms with Crippen LogP contribution in [0.5, 0.6) is 5.75 Å². The number of anilines is 1. The van der Waals surface area contributed by atoms with E-state index in [2.05, 4.69) is 16.9 Å². The van der Waals surface area contributed by atoms with Crippen molar-refractivity contribution in [1.29, 1.82) is 0 Å². The van der Waals surface area contributed by atoms with Crippen LogP contribution in [0.15, 0.2) is 40.1 Å². The van der Waals surface area contributed by atoms with Crippen LogP contribution in [0.2, 0.25) is 0 Å². The second kappa shape index (κ2) is 9.07. The number of aryl methyl sites for hydroxylation is 1. The van der Waals surface area contributed by atoms with Gasteiger partial charge >= 0.3 is 0 Å². The Bertz CT molecular complexity index is 1180. The Morgan fingerprint density at radius 1 is 1.24 bits per heavy atom. The van der Waals surface area contributed by atoms with Crippen molar-refractivity contribution in [3.05, 3.63) is 42.1 Å². The zero-order valence-electron chi connectivity index (χ0n) is 19.1. The molecular weight excluding hydrogens is 472 g/mol. The number of hydrogen-bond acceptors (Lipinski definition) is 7. The monoisotopic (exact) mass is 498 g/mol. The highest BCUT2D eigenvalue weighted by atomic mass is 32.2. The molecule has 2 saturated heterocycles. The van der Waals surface area contributed by atoms with Gasteiger partial charge in [0.1, 0.15) is 5.75 Å². The Hall–Kier alpha value is -2.85. The van der Waals surface area contributed by atoms with Crippen LogP contribution in [0.25, 0.3) is 0 Å². The number of amides is 3. The number of likely N-dealkylation sites (tertiary alicyclic amines) is 2. The van der Waals surface area contributed by atoms with Crippen LogP contribution >= 0.6 is 23.1 Å². The normalized spacial score (nSPS) is 21.0. The molecule has 1 aromatic carbocycles. The van der Waals surface area contributed by atoms with Crippen molar-refractivity contribution < 1.29 is 19.1 Å². The fourth-order valence-electron chi connectivity index (χ4n) is 4.59. The van der Waals surface area contributed by atoms with Gasteiger partial charge in [0.2, 0.25) is 11.8 Å². The molecule has 5 rings (SSSR count). The van der Waals surface area contributed by atoms with Crippen molar-refractivity contribution in [2.45, 2.75) is 47.4 Å². The highest BCUT2D eigenvalue weighted by Gasteiger charge is 2.47. The minimum atomic E-state index is -0.0846. The van der Waals surface area contributed by atoms with E-state index in [9.17, 15) is 14.4 Å². The van der Waals surface area contributed by atoms with E-state index in [1.807, 2.05) is 24.0 Å². The summed E-state index contributed by atoms with van der Waals surface area (Å²) in [6.45, 7) is 6.61. The predicted molar refractivity (Wildman–Crippen MR) is 130 cm³/mol. The van der Waals surface area contributed by atoms with Gasteiger partial charge in [0.15, 0.2) is 5.13 Å². The summed E-state index contributed by atoms with van der Waals surface area (Å²) in [7, 11) is 1.57. The summed E-state index contributed by atoms with van der Waals surface area (Å²) < 4.78 is 6.48. The molecule has 1 N–H and O–H groups in total. The first kappa shape index (κ1) is 22.9. The third kappa shape index (κ3) is 4.32. The standard InChI is InChI=1S/C24H26N4O4S2/c1-4-20(29)27-11-16-8-15(27)12-28(16)23(31)17-9-19(13(2)7-18(17)32-3)33-21-10-25-24(34-21)26-22(30)14-5-6-14/h4,7,9-10,14-16H,1,5-6,8,11-12H2,2-3H3,(H,25,26,30). The predicted octanol–water partition coefficient (Wildman–Crippen LogP) is 3.57. The summed E-state index contributed by atoms with van der Waals surface area (Å²) in [5.74, 6) is 0.533. The topological polar surface area (TPSA) is 91.8 Å². The Labute approximate surface area is 206 Å². The molecule has 2 bridgehead atoms. The maximum Gasteiger partial charge on any atom is 0.258 e. The van der Waals surface area contributed by atoms with Gasteiger partial charge in [0.25, 0.3) is 5.91 Å². The number of hydrogen-bond donors (Lipinski definition) is 1. The third-order valence-electron chi connectivity index (χ3n) is 6.56. The van der Waals surface area contributed by atoms with Crippen LogP contribution < -0.4 is 10.1 Å². The largest absolute Gasteiger partial charge is 0.496 e. The van der Waals surface area contributed by atoms with E-state index in [1.165, 1.54) is 29.2 Å². The first-order chi connectivity index (χ1) is 16.4. The van der Waals surface area contributed by atoms with Gasteiger partial charge in [-0.1, -0.05) is 29.7 Å². The van der Waals surface area contributed by atoms with Gasteiger partial charge in [-0.05, 0) is 50.0 Å². The van der Waals surface area contributed by atoms with Crippen molar-refractivity contribution in [2.24, 2.45) is 5.92 Å². The number of rotatable bonds is 7. The molecule has 3 fully saturated rings. The van der Waals surface area contributed by atoms with E-state index in [0.29, 0.717) is 29.5 Å². The zero-order valence-corrected chi connectivity index (χ0v) is 20.7. The van der Waals surface area contributed by atoms with Crippen molar-refractivity contribution in [3.8, 4) is 5.75 Å². The quantitative estimate of drug-likeness (QED) is 0.587. The minimum absolute atomic E-state index is 0.00245.